The number of aromatic nitrogens is 2. The highest BCUT2D eigenvalue weighted by Gasteiger charge is 2.06. The van der Waals surface area contributed by atoms with Gasteiger partial charge in [-0.1, -0.05) is 0 Å². The number of carbonyl (C=O) groups excluding carboxylic acids is 1. The van der Waals surface area contributed by atoms with E-state index in [4.69, 9.17) is 0 Å². The molecule has 2 aromatic rings. The molecule has 4 nitrogen and oxygen atoms in total. The van der Waals surface area contributed by atoms with E-state index in [0.717, 1.165) is 0 Å². The first-order valence-electron chi connectivity index (χ1n) is 4.49. The third kappa shape index (κ3) is 1.99. The zero-order valence-electron chi connectivity index (χ0n) is 7.90. The first-order valence-corrected chi connectivity index (χ1v) is 4.49. The van der Waals surface area contributed by atoms with Crippen LogP contribution in [0.15, 0.2) is 42.7 Å². The Hall–Kier alpha value is -2.23. The van der Waals surface area contributed by atoms with Crippen LogP contribution in [0.2, 0.25) is 0 Å². The molecule has 0 bridgehead atoms. The Morgan fingerprint density at radius 1 is 1.13 bits per heavy atom. The highest BCUT2D eigenvalue weighted by atomic mass is 16.3. The standard InChI is InChI=1S/C11H10N2O2/c14-10(8-3-1-5-12-8)7-11(15)9-4-2-6-13-9/h1-7,12-14H/b10-7-. The molecular weight excluding hydrogens is 192 g/mol. The Labute approximate surface area is 86.3 Å². The smallest absolute Gasteiger partial charge is 0.205 e. The van der Waals surface area contributed by atoms with Crippen molar-refractivity contribution in [3.63, 3.8) is 0 Å². The molecule has 4 heteroatoms. The number of nitrogens with one attached hydrogen (secondary N) is 2. The average Bonchev–Trinajstić information content (AvgIpc) is 2.91. The average molecular weight is 202 g/mol. The van der Waals surface area contributed by atoms with Crippen LogP contribution in [-0.4, -0.2) is 20.9 Å². The van der Waals surface area contributed by atoms with Crippen molar-refractivity contribution in [3.8, 4) is 0 Å². The second-order valence-corrected chi connectivity index (χ2v) is 3.06. The zero-order chi connectivity index (χ0) is 10.7. The summed E-state index contributed by atoms with van der Waals surface area (Å²) >= 11 is 0. The molecule has 2 aromatic heterocycles. The number of carbonyl (C=O) groups is 1. The number of H-pyrrole nitrogens is 2. The van der Waals surface area contributed by atoms with Gasteiger partial charge in [-0.2, -0.15) is 0 Å². The molecule has 2 heterocycles. The predicted octanol–water partition coefficient (Wildman–Crippen LogP) is 2.12. The lowest BCUT2D eigenvalue weighted by atomic mass is 10.2. The van der Waals surface area contributed by atoms with Crippen molar-refractivity contribution in [1.29, 1.82) is 0 Å². The van der Waals surface area contributed by atoms with E-state index in [1.807, 2.05) is 0 Å². The molecule has 0 aliphatic carbocycles. The van der Waals surface area contributed by atoms with Gasteiger partial charge in [0.05, 0.1) is 11.4 Å². The molecule has 15 heavy (non-hydrogen) atoms. The molecule has 76 valence electrons. The second-order valence-electron chi connectivity index (χ2n) is 3.06. The van der Waals surface area contributed by atoms with E-state index in [1.165, 1.54) is 6.08 Å². The summed E-state index contributed by atoms with van der Waals surface area (Å²) in [6, 6.07) is 6.82. The van der Waals surface area contributed by atoms with Crippen LogP contribution in [0.3, 0.4) is 0 Å². The van der Waals surface area contributed by atoms with E-state index >= 15 is 0 Å². The van der Waals surface area contributed by atoms with Gasteiger partial charge in [-0.3, -0.25) is 4.79 Å². The second kappa shape index (κ2) is 3.88. The fourth-order valence-corrected chi connectivity index (χ4v) is 1.25. The first kappa shape index (κ1) is 9.33. The van der Waals surface area contributed by atoms with Crippen molar-refractivity contribution in [3.05, 3.63) is 54.1 Å². The van der Waals surface area contributed by atoms with Gasteiger partial charge in [-0.25, -0.2) is 0 Å². The molecule has 0 saturated heterocycles. The molecule has 0 radical (unpaired) electrons. The van der Waals surface area contributed by atoms with Crippen molar-refractivity contribution in [2.45, 2.75) is 0 Å². The van der Waals surface area contributed by atoms with Crippen LogP contribution in [0.1, 0.15) is 16.2 Å². The van der Waals surface area contributed by atoms with Gasteiger partial charge < -0.3 is 15.1 Å². The van der Waals surface area contributed by atoms with Crippen LogP contribution in [0.4, 0.5) is 0 Å². The van der Waals surface area contributed by atoms with Gasteiger partial charge in [0.15, 0.2) is 0 Å². The molecule has 0 atom stereocenters. The number of rotatable bonds is 3. The summed E-state index contributed by atoms with van der Waals surface area (Å²) < 4.78 is 0. The number of aliphatic hydroxyl groups excluding tert-OH is 1. The topological polar surface area (TPSA) is 68.9 Å². The lowest BCUT2D eigenvalue weighted by molar-refractivity contribution is 0.104. The number of aromatic amines is 2. The minimum atomic E-state index is -0.257. The van der Waals surface area contributed by atoms with Gasteiger partial charge in [0, 0.05) is 18.5 Å². The van der Waals surface area contributed by atoms with E-state index in [2.05, 4.69) is 9.97 Å². The van der Waals surface area contributed by atoms with Gasteiger partial charge in [0.25, 0.3) is 0 Å². The molecule has 0 aromatic carbocycles. The van der Waals surface area contributed by atoms with Crippen molar-refractivity contribution >= 4 is 11.5 Å². The fourth-order valence-electron chi connectivity index (χ4n) is 1.25. The van der Waals surface area contributed by atoms with E-state index in [9.17, 15) is 9.90 Å². The van der Waals surface area contributed by atoms with Crippen LogP contribution in [0.5, 0.6) is 0 Å². The molecule has 3 N–H and O–H groups in total. The summed E-state index contributed by atoms with van der Waals surface area (Å²) in [5, 5.41) is 9.57. The highest BCUT2D eigenvalue weighted by molar-refractivity contribution is 6.06. The number of ketones is 1. The van der Waals surface area contributed by atoms with E-state index in [1.54, 1.807) is 36.7 Å². The third-order valence-corrected chi connectivity index (χ3v) is 2.01. The summed E-state index contributed by atoms with van der Waals surface area (Å²) in [4.78, 5) is 17.1. The van der Waals surface area contributed by atoms with Crippen molar-refractivity contribution in [2.75, 3.05) is 0 Å². The maximum Gasteiger partial charge on any atom is 0.205 e. The lowest BCUT2D eigenvalue weighted by Crippen LogP contribution is -1.96. The monoisotopic (exact) mass is 202 g/mol. The maximum atomic E-state index is 11.5. The molecule has 0 spiro atoms. The highest BCUT2D eigenvalue weighted by Crippen LogP contribution is 2.09. The van der Waals surface area contributed by atoms with Crippen LogP contribution in [0.25, 0.3) is 5.76 Å². The number of aliphatic hydroxyl groups is 1. The molecule has 0 aliphatic rings. The predicted molar refractivity (Wildman–Crippen MR) is 56.5 cm³/mol. The number of allylic oxidation sites excluding steroid dienone is 1. The Morgan fingerprint density at radius 2 is 1.73 bits per heavy atom. The van der Waals surface area contributed by atoms with Crippen molar-refractivity contribution in [2.24, 2.45) is 0 Å². The minimum Gasteiger partial charge on any atom is -0.506 e. The van der Waals surface area contributed by atoms with Crippen molar-refractivity contribution in [1.82, 2.24) is 9.97 Å². The molecule has 0 aliphatic heterocycles. The van der Waals surface area contributed by atoms with Gasteiger partial charge in [0.1, 0.15) is 5.76 Å². The summed E-state index contributed by atoms with van der Waals surface area (Å²) in [5.74, 6) is -0.327. The largest absolute Gasteiger partial charge is 0.506 e. The van der Waals surface area contributed by atoms with Gasteiger partial charge >= 0.3 is 0 Å². The van der Waals surface area contributed by atoms with E-state index in [-0.39, 0.29) is 11.5 Å². The Kier molecular flexibility index (Phi) is 2.41. The minimum absolute atomic E-state index is 0.0698. The zero-order valence-corrected chi connectivity index (χ0v) is 7.90. The Morgan fingerprint density at radius 3 is 2.27 bits per heavy atom. The van der Waals surface area contributed by atoms with E-state index in [0.29, 0.717) is 11.4 Å². The van der Waals surface area contributed by atoms with Crippen LogP contribution in [-0.2, 0) is 0 Å². The molecule has 0 amide bonds. The molecule has 2 rings (SSSR count). The third-order valence-electron chi connectivity index (χ3n) is 2.01. The maximum absolute atomic E-state index is 11.5. The molecule has 0 saturated carbocycles. The fraction of sp³-hybridized carbons (Fsp3) is 0. The van der Waals surface area contributed by atoms with Gasteiger partial charge in [-0.05, 0) is 24.3 Å². The summed E-state index contributed by atoms with van der Waals surface area (Å²) in [7, 11) is 0. The van der Waals surface area contributed by atoms with Crippen molar-refractivity contribution < 1.29 is 9.90 Å². The van der Waals surface area contributed by atoms with Gasteiger partial charge in [0.2, 0.25) is 5.78 Å². The Balaban J connectivity index is 2.21. The summed E-state index contributed by atoms with van der Waals surface area (Å²) in [6.07, 6.45) is 4.52. The number of hydrogen-bond acceptors (Lipinski definition) is 2. The first-order chi connectivity index (χ1) is 7.27. The van der Waals surface area contributed by atoms with E-state index < -0.39 is 0 Å². The Bertz CT molecular complexity index is 467. The van der Waals surface area contributed by atoms with Gasteiger partial charge in [-0.15, -0.1) is 0 Å². The molecular formula is C11H10N2O2. The molecule has 0 fully saturated rings. The normalized spacial score (nSPS) is 11.6. The molecule has 0 unspecified atom stereocenters. The van der Waals surface area contributed by atoms with Crippen LogP contribution >= 0.6 is 0 Å². The summed E-state index contributed by atoms with van der Waals surface area (Å²) in [5.41, 5.74) is 0.975. The SMILES string of the molecule is O=C(/C=C(\O)c1ccc[nH]1)c1ccc[nH]1. The quantitative estimate of drug-likeness (QED) is 0.405. The lowest BCUT2D eigenvalue weighted by Gasteiger charge is -1.95. The summed E-state index contributed by atoms with van der Waals surface area (Å²) in [6.45, 7) is 0. The van der Waals surface area contributed by atoms with Crippen LogP contribution in [0, 0.1) is 0 Å². The van der Waals surface area contributed by atoms with Crippen LogP contribution < -0.4 is 0 Å². The number of hydrogen-bond donors (Lipinski definition) is 3.